The van der Waals surface area contributed by atoms with Gasteiger partial charge < -0.3 is 10.3 Å². The van der Waals surface area contributed by atoms with Crippen LogP contribution in [-0.4, -0.2) is 10.9 Å². The van der Waals surface area contributed by atoms with Crippen LogP contribution < -0.4 is 5.73 Å². The van der Waals surface area contributed by atoms with Crippen LogP contribution >= 0.6 is 11.8 Å². The molecule has 1 aromatic heterocycles. The molecule has 2 heterocycles. The first kappa shape index (κ1) is 5.17. The minimum absolute atomic E-state index is 0.549. The van der Waals surface area contributed by atoms with Gasteiger partial charge in [0.15, 0.2) is 11.6 Å². The number of aryl methyl sites for hydroxylation is 1. The Morgan fingerprint density at radius 3 is 3.33 bits per heavy atom. The molecule has 2 N–H and O–H groups in total. The van der Waals surface area contributed by atoms with Gasteiger partial charge in [0.1, 0.15) is 0 Å². The van der Waals surface area contributed by atoms with E-state index in [1.165, 1.54) is 0 Å². The van der Waals surface area contributed by atoms with Gasteiger partial charge in [-0.15, -0.1) is 11.8 Å². The summed E-state index contributed by atoms with van der Waals surface area (Å²) in [7, 11) is 0. The summed E-state index contributed by atoms with van der Waals surface area (Å²) >= 11 is 1.72. The first-order valence-corrected chi connectivity index (χ1v) is 3.73. The quantitative estimate of drug-likeness (QED) is 0.584. The average molecular weight is 142 g/mol. The smallest absolute Gasteiger partial charge is 0.180 e. The first-order chi connectivity index (χ1) is 4.38. The van der Waals surface area contributed by atoms with Gasteiger partial charge in [0, 0.05) is 12.2 Å². The van der Waals surface area contributed by atoms with Gasteiger partial charge in [0.2, 0.25) is 0 Å². The molecule has 1 aliphatic heterocycles. The maximum Gasteiger partial charge on any atom is 0.180 e. The normalized spacial score (nSPS) is 16.0. The highest BCUT2D eigenvalue weighted by Gasteiger charge is 2.19. The van der Waals surface area contributed by atoms with Gasteiger partial charge in [-0.05, 0) is 0 Å². The third-order valence-corrected chi connectivity index (χ3v) is 2.45. The zero-order valence-corrected chi connectivity index (χ0v) is 5.57. The predicted octanol–water partition coefficient (Wildman–Crippen LogP) is 0.905. The first-order valence-electron chi connectivity index (χ1n) is 2.75. The number of aromatic nitrogens is 1. The Hall–Kier alpha value is -0.640. The molecule has 0 aliphatic carbocycles. The van der Waals surface area contributed by atoms with Gasteiger partial charge in [0.25, 0.3) is 0 Å². The Morgan fingerprint density at radius 1 is 1.67 bits per heavy atom. The highest BCUT2D eigenvalue weighted by Crippen LogP contribution is 2.35. The molecule has 9 heavy (non-hydrogen) atoms. The van der Waals surface area contributed by atoms with E-state index in [9.17, 15) is 0 Å². The number of nitrogens with zero attached hydrogens (tertiary/aromatic N) is 1. The number of hydrogen-bond donors (Lipinski definition) is 1. The summed E-state index contributed by atoms with van der Waals surface area (Å²) in [6.45, 7) is 0. The van der Waals surface area contributed by atoms with Crippen molar-refractivity contribution in [2.45, 2.75) is 11.3 Å². The second kappa shape index (κ2) is 1.67. The van der Waals surface area contributed by atoms with Crippen molar-refractivity contribution in [2.75, 3.05) is 11.5 Å². The van der Waals surface area contributed by atoms with Crippen molar-refractivity contribution in [3.8, 4) is 0 Å². The van der Waals surface area contributed by atoms with Crippen LogP contribution in [0.3, 0.4) is 0 Å². The van der Waals surface area contributed by atoms with E-state index in [4.69, 9.17) is 10.3 Å². The molecule has 0 bridgehead atoms. The van der Waals surface area contributed by atoms with Crippen LogP contribution in [0.15, 0.2) is 9.42 Å². The van der Waals surface area contributed by atoms with Crippen LogP contribution in [-0.2, 0) is 6.42 Å². The second-order valence-electron chi connectivity index (χ2n) is 1.92. The maximum atomic E-state index is 5.47. The summed E-state index contributed by atoms with van der Waals surface area (Å²) in [4.78, 5) is 1.05. The predicted molar refractivity (Wildman–Crippen MR) is 35.3 cm³/mol. The fourth-order valence-corrected chi connectivity index (χ4v) is 1.87. The zero-order chi connectivity index (χ0) is 6.27. The number of fused-ring (bicyclic) bond motifs is 1. The van der Waals surface area contributed by atoms with E-state index in [1.54, 1.807) is 11.8 Å². The number of thioether (sulfide) groups is 1. The summed E-state index contributed by atoms with van der Waals surface area (Å²) in [5, 5.41) is 3.62. The molecule has 0 amide bonds. The minimum atomic E-state index is 0.549. The minimum Gasteiger partial charge on any atom is -0.380 e. The molecule has 48 valence electrons. The molecule has 1 aromatic rings. The molecule has 2 rings (SSSR count). The van der Waals surface area contributed by atoms with Crippen LogP contribution in [0.1, 0.15) is 5.76 Å². The number of hydrogen-bond acceptors (Lipinski definition) is 4. The molecule has 0 saturated carbocycles. The lowest BCUT2D eigenvalue weighted by atomic mass is 10.4. The van der Waals surface area contributed by atoms with Gasteiger partial charge in [-0.3, -0.25) is 0 Å². The maximum absolute atomic E-state index is 5.47. The van der Waals surface area contributed by atoms with Crippen molar-refractivity contribution in [2.24, 2.45) is 0 Å². The fraction of sp³-hybridized carbons (Fsp3) is 0.400. The average Bonchev–Trinajstić information content (AvgIpc) is 2.35. The van der Waals surface area contributed by atoms with Crippen molar-refractivity contribution >= 4 is 17.6 Å². The number of nitrogen functional groups attached to an aromatic ring is 1. The van der Waals surface area contributed by atoms with Crippen molar-refractivity contribution in [1.82, 2.24) is 5.16 Å². The molecule has 0 spiro atoms. The van der Waals surface area contributed by atoms with Gasteiger partial charge in [-0.25, -0.2) is 0 Å². The SMILES string of the molecule is Nc1noc2c1SCC2. The zero-order valence-electron chi connectivity index (χ0n) is 4.76. The molecule has 0 unspecified atom stereocenters. The Morgan fingerprint density at radius 2 is 2.56 bits per heavy atom. The molecular weight excluding hydrogens is 136 g/mol. The van der Waals surface area contributed by atoms with Crippen molar-refractivity contribution in [1.29, 1.82) is 0 Å². The Kier molecular flexibility index (Phi) is 0.958. The molecule has 0 radical (unpaired) electrons. The number of anilines is 1. The lowest BCUT2D eigenvalue weighted by Gasteiger charge is -1.82. The van der Waals surface area contributed by atoms with Crippen molar-refractivity contribution in [3.05, 3.63) is 5.76 Å². The molecule has 3 nitrogen and oxygen atoms in total. The van der Waals surface area contributed by atoms with Crippen LogP contribution in [0.25, 0.3) is 0 Å². The number of rotatable bonds is 0. The van der Waals surface area contributed by atoms with E-state index in [2.05, 4.69) is 5.16 Å². The summed E-state index contributed by atoms with van der Waals surface area (Å²) in [5.41, 5.74) is 5.47. The second-order valence-corrected chi connectivity index (χ2v) is 3.02. The largest absolute Gasteiger partial charge is 0.380 e. The van der Waals surface area contributed by atoms with E-state index in [0.717, 1.165) is 22.8 Å². The third-order valence-electron chi connectivity index (χ3n) is 1.32. The van der Waals surface area contributed by atoms with Crippen molar-refractivity contribution in [3.63, 3.8) is 0 Å². The molecule has 1 aliphatic rings. The van der Waals surface area contributed by atoms with E-state index in [1.807, 2.05) is 0 Å². The molecule has 0 fully saturated rings. The monoisotopic (exact) mass is 142 g/mol. The summed E-state index contributed by atoms with van der Waals surface area (Å²) < 4.78 is 4.91. The van der Waals surface area contributed by atoms with Gasteiger partial charge >= 0.3 is 0 Å². The van der Waals surface area contributed by atoms with Crippen LogP contribution in [0.5, 0.6) is 0 Å². The lowest BCUT2D eigenvalue weighted by molar-refractivity contribution is 0.388. The van der Waals surface area contributed by atoms with E-state index in [-0.39, 0.29) is 0 Å². The van der Waals surface area contributed by atoms with E-state index >= 15 is 0 Å². The van der Waals surface area contributed by atoms with E-state index in [0.29, 0.717) is 5.82 Å². The standard InChI is InChI=1S/C5H6N2OS/c6-5-4-3(8-7-5)1-2-9-4/h1-2H2,(H2,6,7). The van der Waals surface area contributed by atoms with E-state index < -0.39 is 0 Å². The Balaban J connectivity index is 2.56. The van der Waals surface area contributed by atoms with Gasteiger partial charge in [-0.1, -0.05) is 5.16 Å². The van der Waals surface area contributed by atoms with Crippen molar-refractivity contribution < 1.29 is 4.52 Å². The van der Waals surface area contributed by atoms with Gasteiger partial charge in [0.05, 0.1) is 4.90 Å². The molecular formula is C5H6N2OS. The molecule has 0 saturated heterocycles. The van der Waals surface area contributed by atoms with Gasteiger partial charge in [-0.2, -0.15) is 0 Å². The molecule has 0 aromatic carbocycles. The number of nitrogens with two attached hydrogens (primary N) is 1. The topological polar surface area (TPSA) is 52.0 Å². The third kappa shape index (κ3) is 0.627. The van der Waals surface area contributed by atoms with Crippen LogP contribution in [0, 0.1) is 0 Å². The van der Waals surface area contributed by atoms with Crippen LogP contribution in [0.2, 0.25) is 0 Å². The molecule has 4 heteroatoms. The lowest BCUT2D eigenvalue weighted by Crippen LogP contribution is -1.83. The highest BCUT2D eigenvalue weighted by molar-refractivity contribution is 7.99. The Bertz CT molecular complexity index is 233. The molecule has 0 atom stereocenters. The fourth-order valence-electron chi connectivity index (χ4n) is 0.889. The summed E-state index contributed by atoms with van der Waals surface area (Å²) in [5.74, 6) is 2.59. The Labute approximate surface area is 56.6 Å². The summed E-state index contributed by atoms with van der Waals surface area (Å²) in [6.07, 6.45) is 0.976. The highest BCUT2D eigenvalue weighted by atomic mass is 32.2. The summed E-state index contributed by atoms with van der Waals surface area (Å²) in [6, 6.07) is 0. The van der Waals surface area contributed by atoms with Crippen LogP contribution in [0.4, 0.5) is 5.82 Å².